The predicted octanol–water partition coefficient (Wildman–Crippen LogP) is 3.27. The zero-order valence-corrected chi connectivity index (χ0v) is 16.0. The molecule has 0 bridgehead atoms. The molecule has 7 heteroatoms. The number of aryl methyl sites for hydroxylation is 1. The molecule has 0 spiro atoms. The van der Waals surface area contributed by atoms with Gasteiger partial charge in [0.1, 0.15) is 10.9 Å². The number of ether oxygens (including phenoxy) is 1. The van der Waals surface area contributed by atoms with E-state index < -0.39 is 0 Å². The zero-order valence-electron chi connectivity index (χ0n) is 16.0. The van der Waals surface area contributed by atoms with Gasteiger partial charge in [-0.05, 0) is 31.4 Å². The van der Waals surface area contributed by atoms with Gasteiger partial charge in [-0.15, -0.1) is 0 Å². The van der Waals surface area contributed by atoms with Gasteiger partial charge in [-0.3, -0.25) is 9.36 Å². The quantitative estimate of drug-likeness (QED) is 0.534. The molecule has 0 unspecified atom stereocenters. The Kier molecular flexibility index (Phi) is 4.31. The molecule has 4 aromatic rings. The molecule has 0 saturated carbocycles. The first-order valence-corrected chi connectivity index (χ1v) is 10.0. The van der Waals surface area contributed by atoms with Gasteiger partial charge in [0.2, 0.25) is 0 Å². The molecule has 4 heterocycles. The Labute approximate surface area is 162 Å². The second kappa shape index (κ2) is 6.98. The first kappa shape index (κ1) is 17.3. The maximum Gasteiger partial charge on any atom is 0.265 e. The summed E-state index contributed by atoms with van der Waals surface area (Å²) in [5.74, 6) is 0. The van der Waals surface area contributed by atoms with E-state index in [0.717, 1.165) is 55.5 Å². The van der Waals surface area contributed by atoms with Crippen molar-refractivity contribution in [3.05, 3.63) is 40.9 Å². The molecule has 5 rings (SSSR count). The number of para-hydroxylation sites is 2. The standard InChI is InChI=1S/C21H23N5O2/c1-2-3-10-26-19-17(18-20(26)24-16-9-5-4-8-15(16)23-18)21(27)25(13-22-19)12-14-7-6-11-28-14/h4-5,8-9,13-14H,2-3,6-7,10-12H2,1H3/t14-/m1/s1. The number of fused-ring (bicyclic) bond motifs is 4. The van der Waals surface area contributed by atoms with Gasteiger partial charge in [-0.2, -0.15) is 0 Å². The van der Waals surface area contributed by atoms with Crippen molar-refractivity contribution in [2.75, 3.05) is 6.61 Å². The molecular weight excluding hydrogens is 354 g/mol. The molecule has 0 radical (unpaired) electrons. The van der Waals surface area contributed by atoms with Crippen LogP contribution in [0.5, 0.6) is 0 Å². The monoisotopic (exact) mass is 377 g/mol. The van der Waals surface area contributed by atoms with Crippen LogP contribution < -0.4 is 5.56 Å². The summed E-state index contributed by atoms with van der Waals surface area (Å²) in [6.45, 7) is 4.22. The van der Waals surface area contributed by atoms with Crippen LogP contribution in [0.4, 0.5) is 0 Å². The number of nitrogens with zero attached hydrogens (tertiary/aromatic N) is 5. The van der Waals surface area contributed by atoms with E-state index >= 15 is 0 Å². The number of rotatable bonds is 5. The van der Waals surface area contributed by atoms with Crippen molar-refractivity contribution in [1.82, 2.24) is 24.1 Å². The van der Waals surface area contributed by atoms with Gasteiger partial charge >= 0.3 is 0 Å². The molecule has 3 aromatic heterocycles. The third-order valence-electron chi connectivity index (χ3n) is 5.48. The minimum absolute atomic E-state index is 0.0645. The van der Waals surface area contributed by atoms with E-state index in [-0.39, 0.29) is 11.7 Å². The molecule has 0 N–H and O–H groups in total. The van der Waals surface area contributed by atoms with E-state index in [0.29, 0.717) is 23.1 Å². The van der Waals surface area contributed by atoms with Crippen LogP contribution in [-0.2, 0) is 17.8 Å². The minimum atomic E-state index is -0.0645. The van der Waals surface area contributed by atoms with Gasteiger partial charge in [0.25, 0.3) is 5.56 Å². The van der Waals surface area contributed by atoms with E-state index in [4.69, 9.17) is 14.7 Å². The van der Waals surface area contributed by atoms with Crippen LogP contribution in [-0.4, -0.2) is 36.8 Å². The summed E-state index contributed by atoms with van der Waals surface area (Å²) in [5.41, 5.74) is 3.61. The second-order valence-electron chi connectivity index (χ2n) is 7.43. The molecular formula is C21H23N5O2. The third-order valence-corrected chi connectivity index (χ3v) is 5.48. The predicted molar refractivity (Wildman–Crippen MR) is 108 cm³/mol. The van der Waals surface area contributed by atoms with Crippen molar-refractivity contribution in [1.29, 1.82) is 0 Å². The Bertz CT molecular complexity index is 1220. The fourth-order valence-electron chi connectivity index (χ4n) is 4.01. The maximum atomic E-state index is 13.3. The minimum Gasteiger partial charge on any atom is -0.376 e. The first-order valence-electron chi connectivity index (χ1n) is 10.0. The zero-order chi connectivity index (χ0) is 19.1. The average molecular weight is 377 g/mol. The van der Waals surface area contributed by atoms with Crippen LogP contribution in [0.25, 0.3) is 33.2 Å². The van der Waals surface area contributed by atoms with Crippen LogP contribution in [0.1, 0.15) is 32.6 Å². The van der Waals surface area contributed by atoms with Crippen molar-refractivity contribution in [2.24, 2.45) is 0 Å². The molecule has 0 amide bonds. The molecule has 1 fully saturated rings. The summed E-state index contributed by atoms with van der Waals surface area (Å²) < 4.78 is 9.42. The Morgan fingerprint density at radius 3 is 2.75 bits per heavy atom. The Morgan fingerprint density at radius 2 is 2.00 bits per heavy atom. The van der Waals surface area contributed by atoms with Gasteiger partial charge in [0, 0.05) is 13.2 Å². The lowest BCUT2D eigenvalue weighted by molar-refractivity contribution is 0.0960. The lowest BCUT2D eigenvalue weighted by Gasteiger charge is -2.11. The fourth-order valence-corrected chi connectivity index (χ4v) is 4.01. The summed E-state index contributed by atoms with van der Waals surface area (Å²) in [6, 6.07) is 7.77. The summed E-state index contributed by atoms with van der Waals surface area (Å²) in [7, 11) is 0. The normalized spacial score (nSPS) is 17.2. The van der Waals surface area contributed by atoms with Crippen LogP contribution in [0.15, 0.2) is 35.4 Å². The van der Waals surface area contributed by atoms with Gasteiger partial charge in [-0.1, -0.05) is 25.5 Å². The van der Waals surface area contributed by atoms with Crippen molar-refractivity contribution < 1.29 is 4.74 Å². The molecule has 7 nitrogen and oxygen atoms in total. The Morgan fingerprint density at radius 1 is 1.18 bits per heavy atom. The van der Waals surface area contributed by atoms with E-state index in [1.807, 2.05) is 28.8 Å². The van der Waals surface area contributed by atoms with Crippen molar-refractivity contribution in [3.8, 4) is 0 Å². The SMILES string of the molecule is CCCCn1c2nc3ccccc3nc2c2c(=O)n(C[C@H]3CCCO3)cnc21. The van der Waals surface area contributed by atoms with Gasteiger partial charge in [-0.25, -0.2) is 15.0 Å². The molecule has 1 aliphatic heterocycles. The van der Waals surface area contributed by atoms with Crippen molar-refractivity contribution in [2.45, 2.75) is 51.8 Å². The van der Waals surface area contributed by atoms with E-state index in [1.54, 1.807) is 10.9 Å². The highest BCUT2D eigenvalue weighted by molar-refractivity contribution is 6.04. The highest BCUT2D eigenvalue weighted by Gasteiger charge is 2.22. The molecule has 1 aromatic carbocycles. The molecule has 1 atom stereocenters. The van der Waals surface area contributed by atoms with Crippen molar-refractivity contribution >= 4 is 33.2 Å². The van der Waals surface area contributed by atoms with Gasteiger partial charge < -0.3 is 9.30 Å². The van der Waals surface area contributed by atoms with E-state index in [2.05, 4.69) is 11.9 Å². The van der Waals surface area contributed by atoms with Crippen LogP contribution in [0.3, 0.4) is 0 Å². The van der Waals surface area contributed by atoms with Gasteiger partial charge in [0.15, 0.2) is 11.3 Å². The van der Waals surface area contributed by atoms with Crippen LogP contribution in [0, 0.1) is 0 Å². The molecule has 28 heavy (non-hydrogen) atoms. The highest BCUT2D eigenvalue weighted by Crippen LogP contribution is 2.25. The fraction of sp³-hybridized carbons (Fsp3) is 0.429. The number of hydrogen-bond acceptors (Lipinski definition) is 5. The summed E-state index contributed by atoms with van der Waals surface area (Å²) in [4.78, 5) is 27.6. The van der Waals surface area contributed by atoms with Crippen LogP contribution >= 0.6 is 0 Å². The highest BCUT2D eigenvalue weighted by atomic mass is 16.5. The van der Waals surface area contributed by atoms with Crippen molar-refractivity contribution in [3.63, 3.8) is 0 Å². The van der Waals surface area contributed by atoms with E-state index in [1.165, 1.54) is 0 Å². The molecule has 1 aliphatic rings. The lowest BCUT2D eigenvalue weighted by atomic mass is 10.2. The first-order chi connectivity index (χ1) is 13.8. The molecule has 0 aliphatic carbocycles. The Hall–Kier alpha value is -2.80. The largest absolute Gasteiger partial charge is 0.376 e. The van der Waals surface area contributed by atoms with Crippen LogP contribution in [0.2, 0.25) is 0 Å². The number of hydrogen-bond donors (Lipinski definition) is 0. The lowest BCUT2D eigenvalue weighted by Crippen LogP contribution is -2.26. The molecule has 1 saturated heterocycles. The number of unbranched alkanes of at least 4 members (excludes halogenated alkanes) is 1. The maximum absolute atomic E-state index is 13.3. The second-order valence-corrected chi connectivity index (χ2v) is 7.43. The topological polar surface area (TPSA) is 74.8 Å². The Balaban J connectivity index is 1.77. The smallest absolute Gasteiger partial charge is 0.265 e. The summed E-state index contributed by atoms with van der Waals surface area (Å²) >= 11 is 0. The number of benzene rings is 1. The van der Waals surface area contributed by atoms with Gasteiger partial charge in [0.05, 0.1) is 30.0 Å². The average Bonchev–Trinajstić information content (AvgIpc) is 3.33. The molecule has 144 valence electrons. The third kappa shape index (κ3) is 2.77. The van der Waals surface area contributed by atoms with E-state index in [9.17, 15) is 4.79 Å². The number of aromatic nitrogens is 5. The summed E-state index contributed by atoms with van der Waals surface area (Å²) in [5, 5.41) is 0.560. The summed E-state index contributed by atoms with van der Waals surface area (Å²) in [6.07, 6.45) is 5.80.